The summed E-state index contributed by atoms with van der Waals surface area (Å²) >= 11 is 0. The molecule has 0 bridgehead atoms. The normalized spacial score (nSPS) is 28.2. The Morgan fingerprint density at radius 3 is 2.62 bits per heavy atom. The van der Waals surface area contributed by atoms with Crippen LogP contribution in [0.1, 0.15) is 39.5 Å². The van der Waals surface area contributed by atoms with Gasteiger partial charge in [0.1, 0.15) is 0 Å². The van der Waals surface area contributed by atoms with Crippen LogP contribution in [-0.2, 0) is 4.79 Å². The van der Waals surface area contributed by atoms with Crippen molar-refractivity contribution in [2.24, 2.45) is 11.7 Å². The van der Waals surface area contributed by atoms with Crippen LogP contribution in [0.25, 0.3) is 0 Å². The Labute approximate surface area is 80.2 Å². The Bertz CT molecular complexity index is 216. The van der Waals surface area contributed by atoms with Crippen LogP contribution in [0.5, 0.6) is 0 Å². The van der Waals surface area contributed by atoms with Gasteiger partial charge in [0.2, 0.25) is 0 Å². The van der Waals surface area contributed by atoms with Crippen molar-refractivity contribution in [2.45, 2.75) is 45.6 Å². The molecule has 0 aromatic heterocycles. The monoisotopic (exact) mass is 181 g/mol. The molecule has 74 valence electrons. The van der Waals surface area contributed by atoms with E-state index in [1.807, 2.05) is 13.8 Å². The third-order valence-corrected chi connectivity index (χ3v) is 2.55. The second-order valence-corrected chi connectivity index (χ2v) is 4.25. The number of allylic oxidation sites excluding steroid dienone is 2. The van der Waals surface area contributed by atoms with Crippen molar-refractivity contribution in [1.82, 2.24) is 0 Å². The third-order valence-electron chi connectivity index (χ3n) is 2.55. The highest BCUT2D eigenvalue weighted by atomic mass is 16.1. The summed E-state index contributed by atoms with van der Waals surface area (Å²) in [7, 11) is 0. The lowest BCUT2D eigenvalue weighted by Crippen LogP contribution is -2.31. The molecule has 0 radical (unpaired) electrons. The second-order valence-electron chi connectivity index (χ2n) is 4.25. The van der Waals surface area contributed by atoms with E-state index in [1.54, 1.807) is 6.08 Å². The van der Waals surface area contributed by atoms with Gasteiger partial charge in [-0.2, -0.15) is 0 Å². The number of hydrogen-bond acceptors (Lipinski definition) is 2. The van der Waals surface area contributed by atoms with Crippen LogP contribution in [0.2, 0.25) is 0 Å². The largest absolute Gasteiger partial charge is 0.328 e. The van der Waals surface area contributed by atoms with E-state index in [9.17, 15) is 4.79 Å². The van der Waals surface area contributed by atoms with Crippen LogP contribution in [0.4, 0.5) is 0 Å². The van der Waals surface area contributed by atoms with Crippen molar-refractivity contribution < 1.29 is 4.79 Å². The molecule has 1 aliphatic carbocycles. The Hall–Kier alpha value is -0.630. The maximum absolute atomic E-state index is 11.6. The van der Waals surface area contributed by atoms with Crippen LogP contribution in [0, 0.1) is 5.92 Å². The van der Waals surface area contributed by atoms with E-state index >= 15 is 0 Å². The molecule has 0 aromatic rings. The molecule has 0 aromatic carbocycles. The average molecular weight is 181 g/mol. The molecule has 0 unspecified atom stereocenters. The first-order valence-corrected chi connectivity index (χ1v) is 5.04. The number of hydrogen-bond donors (Lipinski definition) is 1. The van der Waals surface area contributed by atoms with Crippen molar-refractivity contribution in [3.63, 3.8) is 0 Å². The van der Waals surface area contributed by atoms with Crippen molar-refractivity contribution in [1.29, 1.82) is 0 Å². The first-order valence-electron chi connectivity index (χ1n) is 5.04. The van der Waals surface area contributed by atoms with Gasteiger partial charge < -0.3 is 5.73 Å². The summed E-state index contributed by atoms with van der Waals surface area (Å²) in [6, 6.07) is 0.244. The molecule has 0 aliphatic heterocycles. The van der Waals surface area contributed by atoms with E-state index in [2.05, 4.69) is 0 Å². The summed E-state index contributed by atoms with van der Waals surface area (Å²) in [5.74, 6) is 0.466. The first-order chi connectivity index (χ1) is 6.09. The fourth-order valence-electron chi connectivity index (χ4n) is 1.89. The molecule has 1 aliphatic rings. The summed E-state index contributed by atoms with van der Waals surface area (Å²) in [6.07, 6.45) is 5.84. The summed E-state index contributed by atoms with van der Waals surface area (Å²) in [5, 5.41) is 0. The van der Waals surface area contributed by atoms with E-state index in [0.29, 0.717) is 0 Å². The molecule has 1 rings (SSSR count). The van der Waals surface area contributed by atoms with E-state index in [4.69, 9.17) is 5.73 Å². The zero-order valence-electron chi connectivity index (χ0n) is 8.55. The Kier molecular flexibility index (Phi) is 3.67. The van der Waals surface area contributed by atoms with Crippen LogP contribution in [0.3, 0.4) is 0 Å². The number of carbonyl (C=O) groups is 1. The highest BCUT2D eigenvalue weighted by Gasteiger charge is 2.23. The molecular formula is C11H19NO. The quantitative estimate of drug-likeness (QED) is 0.662. The minimum Gasteiger partial charge on any atom is -0.328 e. The molecule has 2 heteroatoms. The number of carbonyl (C=O) groups excluding carboxylic acids is 1. The van der Waals surface area contributed by atoms with E-state index in [-0.39, 0.29) is 17.7 Å². The molecule has 0 spiro atoms. The minimum atomic E-state index is 0.193. The van der Waals surface area contributed by atoms with Crippen molar-refractivity contribution in [3.8, 4) is 0 Å². The molecule has 0 amide bonds. The highest BCUT2D eigenvalue weighted by molar-refractivity contribution is 5.92. The third kappa shape index (κ3) is 3.31. The molecule has 13 heavy (non-hydrogen) atoms. The van der Waals surface area contributed by atoms with Gasteiger partial charge in [-0.1, -0.05) is 12.0 Å². The zero-order valence-corrected chi connectivity index (χ0v) is 8.55. The van der Waals surface area contributed by atoms with Gasteiger partial charge in [0.05, 0.1) is 0 Å². The van der Waals surface area contributed by atoms with Crippen molar-refractivity contribution in [3.05, 3.63) is 11.6 Å². The van der Waals surface area contributed by atoms with Gasteiger partial charge in [-0.15, -0.1) is 0 Å². The average Bonchev–Trinajstić information content (AvgIpc) is 2.03. The number of ketones is 1. The first kappa shape index (κ1) is 10.5. The predicted molar refractivity (Wildman–Crippen MR) is 54.4 cm³/mol. The molecule has 0 heterocycles. The summed E-state index contributed by atoms with van der Waals surface area (Å²) in [6.45, 7) is 3.92. The Morgan fingerprint density at radius 1 is 1.38 bits per heavy atom. The fourth-order valence-corrected chi connectivity index (χ4v) is 1.89. The molecule has 2 nitrogen and oxygen atoms in total. The molecule has 0 saturated heterocycles. The summed E-state index contributed by atoms with van der Waals surface area (Å²) in [5.41, 5.74) is 6.91. The smallest absolute Gasteiger partial charge is 0.158 e. The van der Waals surface area contributed by atoms with E-state index < -0.39 is 0 Å². The van der Waals surface area contributed by atoms with Gasteiger partial charge in [0, 0.05) is 12.0 Å². The van der Waals surface area contributed by atoms with Gasteiger partial charge >= 0.3 is 0 Å². The SMILES string of the molecule is CC(C)=CC(=O)[C@H]1CCC[C@@H](N)C1. The standard InChI is InChI=1S/C11H19NO/c1-8(2)6-11(13)9-4-3-5-10(12)7-9/h6,9-10H,3-5,7,12H2,1-2H3/t9-,10+/m0/s1. The number of rotatable bonds is 2. The second kappa shape index (κ2) is 4.56. The fraction of sp³-hybridized carbons (Fsp3) is 0.727. The van der Waals surface area contributed by atoms with Crippen LogP contribution >= 0.6 is 0 Å². The van der Waals surface area contributed by atoms with Gasteiger partial charge in [-0.05, 0) is 39.2 Å². The van der Waals surface area contributed by atoms with E-state index in [1.165, 1.54) is 0 Å². The summed E-state index contributed by atoms with van der Waals surface area (Å²) in [4.78, 5) is 11.6. The van der Waals surface area contributed by atoms with Crippen LogP contribution < -0.4 is 5.73 Å². The van der Waals surface area contributed by atoms with Gasteiger partial charge in [0.25, 0.3) is 0 Å². The van der Waals surface area contributed by atoms with Gasteiger partial charge in [0.15, 0.2) is 5.78 Å². The lowest BCUT2D eigenvalue weighted by Gasteiger charge is -2.24. The topological polar surface area (TPSA) is 43.1 Å². The lowest BCUT2D eigenvalue weighted by atomic mass is 9.83. The number of nitrogens with two attached hydrogens (primary N) is 1. The molecule has 2 N–H and O–H groups in total. The lowest BCUT2D eigenvalue weighted by molar-refractivity contribution is -0.119. The molecular weight excluding hydrogens is 162 g/mol. The van der Waals surface area contributed by atoms with Gasteiger partial charge in [-0.3, -0.25) is 4.79 Å². The molecule has 1 saturated carbocycles. The van der Waals surface area contributed by atoms with E-state index in [0.717, 1.165) is 31.3 Å². The highest BCUT2D eigenvalue weighted by Crippen LogP contribution is 2.24. The van der Waals surface area contributed by atoms with Gasteiger partial charge in [-0.25, -0.2) is 0 Å². The summed E-state index contributed by atoms with van der Waals surface area (Å²) < 4.78 is 0. The van der Waals surface area contributed by atoms with Crippen LogP contribution in [0.15, 0.2) is 11.6 Å². The van der Waals surface area contributed by atoms with Crippen molar-refractivity contribution >= 4 is 5.78 Å². The Morgan fingerprint density at radius 2 is 2.08 bits per heavy atom. The maximum Gasteiger partial charge on any atom is 0.158 e. The minimum absolute atomic E-state index is 0.193. The zero-order chi connectivity index (χ0) is 9.84. The molecule has 2 atom stereocenters. The molecule has 1 fully saturated rings. The predicted octanol–water partition coefficient (Wildman–Crippen LogP) is 2.04. The van der Waals surface area contributed by atoms with Crippen LogP contribution in [-0.4, -0.2) is 11.8 Å². The van der Waals surface area contributed by atoms with Crippen molar-refractivity contribution in [2.75, 3.05) is 0 Å². The Balaban J connectivity index is 2.51. The maximum atomic E-state index is 11.6.